The van der Waals surface area contributed by atoms with Crippen molar-refractivity contribution < 1.29 is 0 Å². The Kier molecular flexibility index (Phi) is 2.78. The molecule has 0 aliphatic carbocycles. The molecule has 2 rings (SSSR count). The van der Waals surface area contributed by atoms with Gasteiger partial charge < -0.3 is 4.98 Å². The van der Waals surface area contributed by atoms with Gasteiger partial charge in [-0.15, -0.1) is 11.6 Å². The fourth-order valence-corrected chi connectivity index (χ4v) is 1.73. The maximum absolute atomic E-state index is 5.78. The van der Waals surface area contributed by atoms with Gasteiger partial charge in [0.1, 0.15) is 5.82 Å². The van der Waals surface area contributed by atoms with Gasteiger partial charge in [0.2, 0.25) is 0 Å². The van der Waals surface area contributed by atoms with Gasteiger partial charge in [-0.1, -0.05) is 29.8 Å². The van der Waals surface area contributed by atoms with Gasteiger partial charge in [-0.2, -0.15) is 0 Å². The Morgan fingerprint density at radius 1 is 1.20 bits per heavy atom. The lowest BCUT2D eigenvalue weighted by Crippen LogP contribution is -1.81. The number of aryl methyl sites for hydroxylation is 2. The number of hydrogen-bond donors (Lipinski definition) is 1. The van der Waals surface area contributed by atoms with Gasteiger partial charge in [-0.3, -0.25) is 0 Å². The first kappa shape index (κ1) is 10.2. The fourth-order valence-electron chi connectivity index (χ4n) is 1.47. The lowest BCUT2D eigenvalue weighted by molar-refractivity contribution is 1.18. The van der Waals surface area contributed by atoms with Crippen molar-refractivity contribution in [3.63, 3.8) is 0 Å². The highest BCUT2D eigenvalue weighted by Gasteiger charge is 2.06. The monoisotopic (exact) mass is 220 g/mol. The number of hydrogen-bond acceptors (Lipinski definition) is 1. The summed E-state index contributed by atoms with van der Waals surface area (Å²) >= 11 is 5.78. The van der Waals surface area contributed by atoms with Gasteiger partial charge >= 0.3 is 0 Å². The smallest absolute Gasteiger partial charge is 0.137 e. The third-order valence-electron chi connectivity index (χ3n) is 2.44. The Morgan fingerprint density at radius 3 is 2.40 bits per heavy atom. The van der Waals surface area contributed by atoms with Crippen LogP contribution in [0.5, 0.6) is 0 Å². The average molecular weight is 221 g/mol. The molecule has 0 bridgehead atoms. The number of H-pyrrole nitrogens is 1. The van der Waals surface area contributed by atoms with Crippen LogP contribution in [0.4, 0.5) is 0 Å². The van der Waals surface area contributed by atoms with Crippen molar-refractivity contribution in [2.75, 3.05) is 0 Å². The van der Waals surface area contributed by atoms with Gasteiger partial charge in [-0.05, 0) is 13.8 Å². The van der Waals surface area contributed by atoms with E-state index < -0.39 is 0 Å². The summed E-state index contributed by atoms with van der Waals surface area (Å²) in [5.41, 5.74) is 4.31. The molecule has 0 spiro atoms. The molecule has 15 heavy (non-hydrogen) atoms. The first-order chi connectivity index (χ1) is 7.20. The van der Waals surface area contributed by atoms with E-state index in [4.69, 9.17) is 11.6 Å². The molecule has 0 amide bonds. The van der Waals surface area contributed by atoms with E-state index in [1.807, 2.05) is 6.92 Å². The summed E-state index contributed by atoms with van der Waals surface area (Å²) in [4.78, 5) is 7.68. The van der Waals surface area contributed by atoms with Crippen LogP contribution >= 0.6 is 11.6 Å². The number of aromatic nitrogens is 2. The van der Waals surface area contributed by atoms with Crippen molar-refractivity contribution in [3.05, 3.63) is 41.2 Å². The van der Waals surface area contributed by atoms with Crippen LogP contribution in [0, 0.1) is 13.8 Å². The third kappa shape index (κ3) is 2.05. The number of nitrogens with one attached hydrogen (secondary N) is 1. The van der Waals surface area contributed by atoms with E-state index in [-0.39, 0.29) is 0 Å². The molecule has 0 atom stereocenters. The van der Waals surface area contributed by atoms with Gasteiger partial charge in [-0.25, -0.2) is 4.98 Å². The van der Waals surface area contributed by atoms with Crippen LogP contribution in [0.1, 0.15) is 17.0 Å². The Labute approximate surface area is 94.3 Å². The second-order valence-corrected chi connectivity index (χ2v) is 3.92. The summed E-state index contributed by atoms with van der Waals surface area (Å²) in [6, 6.07) is 8.28. The van der Waals surface area contributed by atoms with Crippen molar-refractivity contribution in [2.45, 2.75) is 19.7 Å². The molecule has 0 aliphatic rings. The molecule has 1 heterocycles. The summed E-state index contributed by atoms with van der Waals surface area (Å²) in [7, 11) is 0. The molecule has 1 aromatic heterocycles. The highest BCUT2D eigenvalue weighted by atomic mass is 35.5. The van der Waals surface area contributed by atoms with Crippen LogP contribution < -0.4 is 0 Å². The van der Waals surface area contributed by atoms with Crippen molar-refractivity contribution >= 4 is 11.6 Å². The van der Waals surface area contributed by atoms with Gasteiger partial charge in [0.25, 0.3) is 0 Å². The van der Waals surface area contributed by atoms with E-state index in [0.29, 0.717) is 5.88 Å². The largest absolute Gasteiger partial charge is 0.342 e. The fraction of sp³-hybridized carbons (Fsp3) is 0.250. The molecule has 2 aromatic rings. The molecule has 0 fully saturated rings. The molecule has 0 radical (unpaired) electrons. The third-order valence-corrected chi connectivity index (χ3v) is 2.69. The molecule has 2 nitrogen and oxygen atoms in total. The molecule has 0 aliphatic heterocycles. The van der Waals surface area contributed by atoms with Crippen molar-refractivity contribution in [2.24, 2.45) is 0 Å². The quantitative estimate of drug-likeness (QED) is 0.772. The standard InChI is InChI=1S/C12H13ClN2/c1-8-3-5-10(6-4-8)12-14-9(2)11(7-13)15-12/h3-6H,7H2,1-2H3,(H,14,15). The maximum Gasteiger partial charge on any atom is 0.137 e. The Morgan fingerprint density at radius 2 is 1.87 bits per heavy atom. The number of nitrogens with zero attached hydrogens (tertiary/aromatic N) is 1. The summed E-state index contributed by atoms with van der Waals surface area (Å²) in [5, 5.41) is 0. The number of rotatable bonds is 2. The molecule has 0 saturated heterocycles. The number of halogens is 1. The maximum atomic E-state index is 5.78. The average Bonchev–Trinajstić information content (AvgIpc) is 2.61. The summed E-state index contributed by atoms with van der Waals surface area (Å²) in [6.45, 7) is 4.06. The van der Waals surface area contributed by atoms with E-state index >= 15 is 0 Å². The lowest BCUT2D eigenvalue weighted by atomic mass is 10.1. The number of imidazole rings is 1. The molecular formula is C12H13ClN2. The van der Waals surface area contributed by atoms with Crippen LogP contribution in [0.15, 0.2) is 24.3 Å². The summed E-state index contributed by atoms with van der Waals surface area (Å²) < 4.78 is 0. The normalized spacial score (nSPS) is 10.6. The highest BCUT2D eigenvalue weighted by molar-refractivity contribution is 6.17. The van der Waals surface area contributed by atoms with Gasteiger partial charge in [0.15, 0.2) is 0 Å². The second-order valence-electron chi connectivity index (χ2n) is 3.66. The number of alkyl halides is 1. The molecule has 3 heteroatoms. The van der Waals surface area contributed by atoms with E-state index in [1.54, 1.807) is 0 Å². The molecular weight excluding hydrogens is 208 g/mol. The zero-order valence-corrected chi connectivity index (χ0v) is 9.60. The van der Waals surface area contributed by atoms with Crippen LogP contribution in [-0.4, -0.2) is 9.97 Å². The molecule has 1 N–H and O–H groups in total. The zero-order chi connectivity index (χ0) is 10.8. The first-order valence-corrected chi connectivity index (χ1v) is 5.42. The zero-order valence-electron chi connectivity index (χ0n) is 8.84. The topological polar surface area (TPSA) is 28.7 Å². The van der Waals surface area contributed by atoms with Crippen molar-refractivity contribution in [3.8, 4) is 11.4 Å². The minimum atomic E-state index is 0.453. The van der Waals surface area contributed by atoms with Crippen LogP contribution in [-0.2, 0) is 5.88 Å². The van der Waals surface area contributed by atoms with Gasteiger partial charge in [0, 0.05) is 11.3 Å². The summed E-state index contributed by atoms with van der Waals surface area (Å²) in [5.74, 6) is 1.34. The molecule has 0 unspecified atom stereocenters. The Hall–Kier alpha value is -1.28. The SMILES string of the molecule is Cc1ccc(-c2nc(CCl)c(C)[nH]2)cc1. The number of benzene rings is 1. The Balaban J connectivity index is 2.41. The Bertz CT molecular complexity index is 457. The second kappa shape index (κ2) is 4.07. The van der Waals surface area contributed by atoms with E-state index in [2.05, 4.69) is 41.2 Å². The summed E-state index contributed by atoms with van der Waals surface area (Å²) in [6.07, 6.45) is 0. The predicted molar refractivity (Wildman–Crippen MR) is 63.1 cm³/mol. The first-order valence-electron chi connectivity index (χ1n) is 4.89. The van der Waals surface area contributed by atoms with Crippen LogP contribution in [0.3, 0.4) is 0 Å². The van der Waals surface area contributed by atoms with E-state index in [9.17, 15) is 0 Å². The van der Waals surface area contributed by atoms with Crippen LogP contribution in [0.2, 0.25) is 0 Å². The molecule has 78 valence electrons. The van der Waals surface area contributed by atoms with E-state index in [1.165, 1.54) is 5.56 Å². The predicted octanol–water partition coefficient (Wildman–Crippen LogP) is 3.43. The highest BCUT2D eigenvalue weighted by Crippen LogP contribution is 2.19. The van der Waals surface area contributed by atoms with Gasteiger partial charge in [0.05, 0.1) is 11.6 Å². The lowest BCUT2D eigenvalue weighted by Gasteiger charge is -1.96. The number of aromatic amines is 1. The molecule has 0 saturated carbocycles. The molecule has 1 aromatic carbocycles. The van der Waals surface area contributed by atoms with Crippen LogP contribution in [0.25, 0.3) is 11.4 Å². The van der Waals surface area contributed by atoms with E-state index in [0.717, 1.165) is 22.8 Å². The van der Waals surface area contributed by atoms with Crippen molar-refractivity contribution in [1.82, 2.24) is 9.97 Å². The minimum absolute atomic E-state index is 0.453. The minimum Gasteiger partial charge on any atom is -0.342 e. The van der Waals surface area contributed by atoms with Crippen molar-refractivity contribution in [1.29, 1.82) is 0 Å².